The van der Waals surface area contributed by atoms with Crippen LogP contribution < -0.4 is 4.31 Å². The Morgan fingerprint density at radius 3 is 2.41 bits per heavy atom. The molecule has 7 heteroatoms. The minimum absolute atomic E-state index is 0.0145. The van der Waals surface area contributed by atoms with Gasteiger partial charge >= 0.3 is 5.97 Å². The largest absolute Gasteiger partial charge is 0.481 e. The lowest BCUT2D eigenvalue weighted by molar-refractivity contribution is -0.137. The highest BCUT2D eigenvalue weighted by atomic mass is 35.5. The standard InChI is InChI=1S/C22H29ClN2O3S/c1-18(25(28-23)17-11-4-3-8-16-22(26)27)20-14-9-10-15-21(20)29-24(2)19-12-6-5-7-13-19/h5-7,9-10,12-15,18H,3-4,8,11,16-17H2,1-2H3,(H,26,27). The molecule has 0 spiro atoms. The van der Waals surface area contributed by atoms with E-state index in [-0.39, 0.29) is 12.5 Å². The van der Waals surface area contributed by atoms with Crippen molar-refractivity contribution in [3.63, 3.8) is 0 Å². The molecule has 2 aromatic rings. The Labute approximate surface area is 182 Å². The molecule has 1 atom stereocenters. The lowest BCUT2D eigenvalue weighted by atomic mass is 10.1. The number of aliphatic carboxylic acids is 1. The van der Waals surface area contributed by atoms with Gasteiger partial charge < -0.3 is 9.41 Å². The average molecular weight is 437 g/mol. The molecule has 2 aromatic carbocycles. The van der Waals surface area contributed by atoms with Gasteiger partial charge in [-0.1, -0.05) is 49.2 Å². The Morgan fingerprint density at radius 1 is 1.07 bits per heavy atom. The normalized spacial score (nSPS) is 12.1. The van der Waals surface area contributed by atoms with E-state index in [0.717, 1.165) is 35.4 Å². The summed E-state index contributed by atoms with van der Waals surface area (Å²) in [4.78, 5) is 11.7. The molecule has 158 valence electrons. The zero-order valence-corrected chi connectivity index (χ0v) is 18.5. The molecule has 5 nitrogen and oxygen atoms in total. The van der Waals surface area contributed by atoms with Crippen LogP contribution in [-0.4, -0.2) is 29.7 Å². The summed E-state index contributed by atoms with van der Waals surface area (Å²) in [5, 5.41) is 10.5. The molecule has 29 heavy (non-hydrogen) atoms. The number of rotatable bonds is 13. The molecule has 0 heterocycles. The van der Waals surface area contributed by atoms with E-state index in [1.807, 2.05) is 37.4 Å². The number of carbonyl (C=O) groups is 1. The van der Waals surface area contributed by atoms with Gasteiger partial charge in [0.2, 0.25) is 0 Å². The number of anilines is 1. The van der Waals surface area contributed by atoms with E-state index in [2.05, 4.69) is 35.5 Å². The molecule has 2 rings (SSSR count). The number of unbranched alkanes of at least 4 members (excludes halogenated alkanes) is 3. The molecular weight excluding hydrogens is 408 g/mol. The number of carboxylic acid groups (broad SMARTS) is 1. The minimum atomic E-state index is -0.737. The van der Waals surface area contributed by atoms with Gasteiger partial charge in [-0.05, 0) is 55.5 Å². The van der Waals surface area contributed by atoms with Crippen molar-refractivity contribution in [2.24, 2.45) is 0 Å². The quantitative estimate of drug-likeness (QED) is 0.225. The van der Waals surface area contributed by atoms with E-state index in [1.165, 1.54) is 0 Å². The maximum Gasteiger partial charge on any atom is 0.303 e. The van der Waals surface area contributed by atoms with Crippen LogP contribution in [0, 0.1) is 0 Å². The van der Waals surface area contributed by atoms with Gasteiger partial charge in [-0.25, -0.2) is 0 Å². The van der Waals surface area contributed by atoms with Crippen molar-refractivity contribution in [1.82, 2.24) is 5.06 Å². The summed E-state index contributed by atoms with van der Waals surface area (Å²) in [5.41, 5.74) is 2.28. The number of benzene rings is 2. The van der Waals surface area contributed by atoms with E-state index in [1.54, 1.807) is 17.0 Å². The number of halogens is 1. The van der Waals surface area contributed by atoms with Crippen molar-refractivity contribution >= 4 is 35.5 Å². The fourth-order valence-electron chi connectivity index (χ4n) is 3.09. The monoisotopic (exact) mass is 436 g/mol. The van der Waals surface area contributed by atoms with Crippen LogP contribution in [0.4, 0.5) is 5.69 Å². The third-order valence-electron chi connectivity index (χ3n) is 4.76. The van der Waals surface area contributed by atoms with Crippen molar-refractivity contribution in [1.29, 1.82) is 0 Å². The van der Waals surface area contributed by atoms with Crippen LogP contribution in [0.15, 0.2) is 59.5 Å². The summed E-state index contributed by atoms with van der Waals surface area (Å²) in [5.74, 6) is -0.737. The topological polar surface area (TPSA) is 53.0 Å². The Balaban J connectivity index is 1.96. The van der Waals surface area contributed by atoms with Crippen molar-refractivity contribution in [2.45, 2.75) is 50.0 Å². The van der Waals surface area contributed by atoms with E-state index >= 15 is 0 Å². The molecule has 0 saturated carbocycles. The Kier molecular flexibility index (Phi) is 10.4. The summed E-state index contributed by atoms with van der Waals surface area (Å²) in [6.45, 7) is 2.76. The molecule has 1 unspecified atom stereocenters. The highest BCUT2D eigenvalue weighted by molar-refractivity contribution is 8.00. The molecule has 0 aliphatic carbocycles. The van der Waals surface area contributed by atoms with Gasteiger partial charge in [0.15, 0.2) is 0 Å². The van der Waals surface area contributed by atoms with E-state index < -0.39 is 5.97 Å². The maximum atomic E-state index is 10.6. The van der Waals surface area contributed by atoms with Gasteiger partial charge in [0.05, 0.1) is 17.9 Å². The summed E-state index contributed by atoms with van der Waals surface area (Å²) in [6.07, 6.45) is 3.68. The fourth-order valence-corrected chi connectivity index (χ4v) is 4.28. The molecule has 0 bridgehead atoms. The summed E-state index contributed by atoms with van der Waals surface area (Å²) >= 11 is 7.45. The van der Waals surface area contributed by atoms with Crippen molar-refractivity contribution in [3.05, 3.63) is 60.2 Å². The van der Waals surface area contributed by atoms with Crippen LogP contribution in [0.5, 0.6) is 0 Å². The average Bonchev–Trinajstić information content (AvgIpc) is 2.73. The predicted molar refractivity (Wildman–Crippen MR) is 120 cm³/mol. The van der Waals surface area contributed by atoms with Crippen LogP contribution in [0.25, 0.3) is 0 Å². The van der Waals surface area contributed by atoms with Gasteiger partial charge in [0, 0.05) is 30.6 Å². The number of hydrogen-bond donors (Lipinski definition) is 1. The van der Waals surface area contributed by atoms with Gasteiger partial charge in [-0.2, -0.15) is 9.45 Å². The van der Waals surface area contributed by atoms with Crippen LogP contribution in [-0.2, 0) is 9.18 Å². The van der Waals surface area contributed by atoms with Crippen LogP contribution in [0.1, 0.15) is 50.6 Å². The number of para-hydroxylation sites is 1. The van der Waals surface area contributed by atoms with Gasteiger partial charge in [-0.3, -0.25) is 4.79 Å². The molecule has 0 aliphatic heterocycles. The fraction of sp³-hybridized carbons (Fsp3) is 0.409. The van der Waals surface area contributed by atoms with Crippen LogP contribution >= 0.6 is 23.8 Å². The SMILES string of the molecule is CC(c1ccccc1SN(C)c1ccccc1)N(CCCCCCC(=O)O)OCl. The summed E-state index contributed by atoms with van der Waals surface area (Å²) < 4.78 is 7.28. The third kappa shape index (κ3) is 7.90. The van der Waals surface area contributed by atoms with E-state index in [4.69, 9.17) is 21.4 Å². The molecular formula is C22H29ClN2O3S. The number of carboxylic acids is 1. The summed E-state index contributed by atoms with van der Waals surface area (Å²) in [6, 6.07) is 18.5. The zero-order valence-electron chi connectivity index (χ0n) is 17.0. The molecule has 0 aromatic heterocycles. The Morgan fingerprint density at radius 2 is 1.72 bits per heavy atom. The van der Waals surface area contributed by atoms with Gasteiger partial charge in [0.25, 0.3) is 0 Å². The number of hydroxylamine groups is 2. The summed E-state index contributed by atoms with van der Waals surface area (Å²) in [7, 11) is 2.05. The second-order valence-electron chi connectivity index (χ2n) is 6.91. The first kappa shape index (κ1) is 23.5. The molecule has 0 amide bonds. The molecule has 0 saturated heterocycles. The Hall–Kier alpha value is -1.73. The van der Waals surface area contributed by atoms with Gasteiger partial charge in [-0.15, -0.1) is 0 Å². The smallest absolute Gasteiger partial charge is 0.303 e. The third-order valence-corrected chi connectivity index (χ3v) is 5.99. The number of nitrogens with zero attached hydrogens (tertiary/aromatic N) is 2. The second kappa shape index (κ2) is 12.8. The van der Waals surface area contributed by atoms with Crippen molar-refractivity contribution in [2.75, 3.05) is 17.9 Å². The molecule has 0 aliphatic rings. The number of hydrogen-bond acceptors (Lipinski definition) is 5. The lowest BCUT2D eigenvalue weighted by Crippen LogP contribution is -2.26. The Bertz CT molecular complexity index is 748. The first-order chi connectivity index (χ1) is 14.0. The minimum Gasteiger partial charge on any atom is -0.481 e. The van der Waals surface area contributed by atoms with Crippen molar-refractivity contribution < 1.29 is 14.3 Å². The van der Waals surface area contributed by atoms with Crippen LogP contribution in [0.2, 0.25) is 0 Å². The molecule has 0 radical (unpaired) electrons. The highest BCUT2D eigenvalue weighted by Crippen LogP contribution is 2.34. The first-order valence-electron chi connectivity index (χ1n) is 9.85. The highest BCUT2D eigenvalue weighted by Gasteiger charge is 2.20. The van der Waals surface area contributed by atoms with Crippen molar-refractivity contribution in [3.8, 4) is 0 Å². The van der Waals surface area contributed by atoms with E-state index in [0.29, 0.717) is 13.0 Å². The first-order valence-corrected chi connectivity index (χ1v) is 10.9. The molecule has 0 fully saturated rings. The zero-order chi connectivity index (χ0) is 21.1. The van der Waals surface area contributed by atoms with Gasteiger partial charge in [0.1, 0.15) is 0 Å². The lowest BCUT2D eigenvalue weighted by Gasteiger charge is -2.27. The van der Waals surface area contributed by atoms with E-state index in [9.17, 15) is 4.79 Å². The second-order valence-corrected chi connectivity index (χ2v) is 8.21. The predicted octanol–water partition coefficient (Wildman–Crippen LogP) is 6.31. The molecule has 1 N–H and O–H groups in total. The maximum absolute atomic E-state index is 10.6. The van der Waals surface area contributed by atoms with Crippen LogP contribution in [0.3, 0.4) is 0 Å².